The molecule has 0 bridgehead atoms. The van der Waals surface area contributed by atoms with Gasteiger partial charge in [0.1, 0.15) is 11.5 Å². The summed E-state index contributed by atoms with van der Waals surface area (Å²) in [6.45, 7) is 1.66. The van der Waals surface area contributed by atoms with Crippen molar-refractivity contribution in [3.05, 3.63) is 52.0 Å². The molecule has 2 aromatic rings. The predicted octanol–water partition coefficient (Wildman–Crippen LogP) is 1.53. The molecule has 0 radical (unpaired) electrons. The Morgan fingerprint density at radius 1 is 1.35 bits per heavy atom. The van der Waals surface area contributed by atoms with Gasteiger partial charge in [-0.25, -0.2) is 9.97 Å². The summed E-state index contributed by atoms with van der Waals surface area (Å²) in [5.41, 5.74) is 6.50. The molecule has 0 saturated carbocycles. The number of rotatable bonds is 3. The number of hydrogen-bond donors (Lipinski definition) is 2. The van der Waals surface area contributed by atoms with E-state index in [1.165, 1.54) is 30.6 Å². The number of carbonyl (C=O) groups is 1. The Labute approximate surface area is 113 Å². The molecule has 0 aliphatic carbocycles. The third kappa shape index (κ3) is 2.86. The van der Waals surface area contributed by atoms with Crippen LogP contribution >= 0.6 is 0 Å². The van der Waals surface area contributed by atoms with Gasteiger partial charge in [0.05, 0.1) is 17.3 Å². The van der Waals surface area contributed by atoms with Crippen LogP contribution in [-0.2, 0) is 0 Å². The largest absolute Gasteiger partial charge is 0.382 e. The topological polar surface area (TPSA) is 124 Å². The van der Waals surface area contributed by atoms with Crippen LogP contribution in [0.3, 0.4) is 0 Å². The second-order valence-electron chi connectivity index (χ2n) is 4.04. The van der Waals surface area contributed by atoms with E-state index in [9.17, 15) is 14.9 Å². The van der Waals surface area contributed by atoms with Crippen molar-refractivity contribution in [2.24, 2.45) is 0 Å². The van der Waals surface area contributed by atoms with E-state index >= 15 is 0 Å². The lowest BCUT2D eigenvalue weighted by Crippen LogP contribution is -2.15. The fraction of sp³-hybridized carbons (Fsp3) is 0.0833. The molecule has 0 unspecified atom stereocenters. The predicted molar refractivity (Wildman–Crippen MR) is 72.2 cm³/mol. The number of anilines is 2. The molecule has 8 heteroatoms. The Morgan fingerprint density at radius 2 is 2.10 bits per heavy atom. The van der Waals surface area contributed by atoms with E-state index in [1.807, 2.05) is 0 Å². The van der Waals surface area contributed by atoms with Gasteiger partial charge in [-0.3, -0.25) is 14.9 Å². The molecule has 1 aromatic heterocycles. The molecular weight excluding hydrogens is 262 g/mol. The molecule has 1 amide bonds. The van der Waals surface area contributed by atoms with E-state index in [2.05, 4.69) is 15.3 Å². The molecule has 1 heterocycles. The zero-order valence-electron chi connectivity index (χ0n) is 10.5. The van der Waals surface area contributed by atoms with Gasteiger partial charge in [0.25, 0.3) is 11.6 Å². The standard InChI is InChI=1S/C12H11N5O3/c1-7-4-8(17(19)20)2-3-9(7)16-12(18)10-5-15-11(13)6-14-10/h2-6H,1H3,(H2,13,15)(H,16,18). The van der Waals surface area contributed by atoms with E-state index in [4.69, 9.17) is 5.73 Å². The Hall–Kier alpha value is -3.03. The van der Waals surface area contributed by atoms with Crippen LogP contribution in [-0.4, -0.2) is 20.8 Å². The molecule has 0 aliphatic heterocycles. The molecule has 0 aliphatic rings. The molecule has 3 N–H and O–H groups in total. The van der Waals surface area contributed by atoms with Crippen molar-refractivity contribution in [3.63, 3.8) is 0 Å². The molecule has 0 saturated heterocycles. The van der Waals surface area contributed by atoms with Crippen molar-refractivity contribution in [1.82, 2.24) is 9.97 Å². The maximum Gasteiger partial charge on any atom is 0.275 e. The lowest BCUT2D eigenvalue weighted by Gasteiger charge is -2.07. The van der Waals surface area contributed by atoms with Crippen molar-refractivity contribution in [2.45, 2.75) is 6.92 Å². The van der Waals surface area contributed by atoms with E-state index in [-0.39, 0.29) is 17.2 Å². The number of nitrogens with one attached hydrogen (secondary N) is 1. The number of nitrogens with zero attached hydrogens (tertiary/aromatic N) is 3. The highest BCUT2D eigenvalue weighted by Gasteiger charge is 2.12. The fourth-order valence-electron chi connectivity index (χ4n) is 1.54. The van der Waals surface area contributed by atoms with Crippen LogP contribution in [0.25, 0.3) is 0 Å². The number of nitrogens with two attached hydrogens (primary N) is 1. The van der Waals surface area contributed by atoms with Crippen molar-refractivity contribution < 1.29 is 9.72 Å². The summed E-state index contributed by atoms with van der Waals surface area (Å²) in [5, 5.41) is 13.2. The van der Waals surface area contributed by atoms with Gasteiger partial charge in [-0.2, -0.15) is 0 Å². The molecule has 0 atom stereocenters. The first-order valence-electron chi connectivity index (χ1n) is 5.61. The maximum atomic E-state index is 11.9. The minimum absolute atomic E-state index is 0.0345. The first kappa shape index (κ1) is 13.4. The second-order valence-corrected chi connectivity index (χ2v) is 4.04. The molecule has 0 spiro atoms. The molecular formula is C12H11N5O3. The number of benzene rings is 1. The van der Waals surface area contributed by atoms with E-state index < -0.39 is 10.8 Å². The number of nitrogen functional groups attached to an aromatic ring is 1. The van der Waals surface area contributed by atoms with Gasteiger partial charge in [0.15, 0.2) is 0 Å². The first-order chi connectivity index (χ1) is 9.47. The number of aromatic nitrogens is 2. The van der Waals surface area contributed by atoms with Gasteiger partial charge in [-0.1, -0.05) is 0 Å². The summed E-state index contributed by atoms with van der Waals surface area (Å²) in [6, 6.07) is 4.16. The quantitative estimate of drug-likeness (QED) is 0.645. The summed E-state index contributed by atoms with van der Waals surface area (Å²) >= 11 is 0. The minimum atomic E-state index is -0.496. The molecule has 2 rings (SSSR count). The van der Waals surface area contributed by atoms with Gasteiger partial charge in [-0.15, -0.1) is 0 Å². The Balaban J connectivity index is 2.19. The normalized spacial score (nSPS) is 10.1. The number of non-ortho nitro benzene ring substituents is 1. The van der Waals surface area contributed by atoms with Crippen LogP contribution in [0.4, 0.5) is 17.2 Å². The van der Waals surface area contributed by atoms with Gasteiger partial charge < -0.3 is 11.1 Å². The number of nitro groups is 1. The van der Waals surface area contributed by atoms with Crippen molar-refractivity contribution in [2.75, 3.05) is 11.1 Å². The summed E-state index contributed by atoms with van der Waals surface area (Å²) in [6.07, 6.45) is 2.53. The van der Waals surface area contributed by atoms with Crippen LogP contribution in [0.2, 0.25) is 0 Å². The average Bonchev–Trinajstić information content (AvgIpc) is 2.41. The zero-order chi connectivity index (χ0) is 14.7. The van der Waals surface area contributed by atoms with Gasteiger partial charge >= 0.3 is 0 Å². The van der Waals surface area contributed by atoms with Crippen LogP contribution in [0.5, 0.6) is 0 Å². The number of nitro benzene ring substituents is 1. The van der Waals surface area contributed by atoms with Gasteiger partial charge in [-0.05, 0) is 18.6 Å². The average molecular weight is 273 g/mol. The van der Waals surface area contributed by atoms with Gasteiger partial charge in [0.2, 0.25) is 0 Å². The van der Waals surface area contributed by atoms with Crippen LogP contribution < -0.4 is 11.1 Å². The Kier molecular flexibility index (Phi) is 3.56. The lowest BCUT2D eigenvalue weighted by molar-refractivity contribution is -0.384. The smallest absolute Gasteiger partial charge is 0.275 e. The maximum absolute atomic E-state index is 11.9. The lowest BCUT2D eigenvalue weighted by atomic mass is 10.1. The zero-order valence-corrected chi connectivity index (χ0v) is 10.5. The first-order valence-corrected chi connectivity index (χ1v) is 5.61. The highest BCUT2D eigenvalue weighted by atomic mass is 16.6. The summed E-state index contributed by atoms with van der Waals surface area (Å²) in [4.78, 5) is 29.6. The Bertz CT molecular complexity index is 669. The number of carbonyl (C=O) groups excluding carboxylic acids is 1. The van der Waals surface area contributed by atoms with Gasteiger partial charge in [0, 0.05) is 17.8 Å². The second kappa shape index (κ2) is 5.31. The van der Waals surface area contributed by atoms with Crippen LogP contribution in [0.15, 0.2) is 30.6 Å². The van der Waals surface area contributed by atoms with Crippen LogP contribution in [0.1, 0.15) is 16.1 Å². The number of amides is 1. The number of aryl methyl sites for hydroxylation is 1. The highest BCUT2D eigenvalue weighted by Crippen LogP contribution is 2.21. The monoisotopic (exact) mass is 273 g/mol. The molecule has 20 heavy (non-hydrogen) atoms. The summed E-state index contributed by atoms with van der Waals surface area (Å²) in [7, 11) is 0. The molecule has 8 nitrogen and oxygen atoms in total. The van der Waals surface area contributed by atoms with Crippen molar-refractivity contribution >= 4 is 23.1 Å². The minimum Gasteiger partial charge on any atom is -0.382 e. The summed E-state index contributed by atoms with van der Waals surface area (Å²) < 4.78 is 0. The third-order valence-corrected chi connectivity index (χ3v) is 2.57. The summed E-state index contributed by atoms with van der Waals surface area (Å²) in [5.74, 6) is -0.248. The van der Waals surface area contributed by atoms with E-state index in [0.29, 0.717) is 11.3 Å². The SMILES string of the molecule is Cc1cc([N+](=O)[O-])ccc1NC(=O)c1cnc(N)cn1. The van der Waals surface area contributed by atoms with Crippen molar-refractivity contribution in [1.29, 1.82) is 0 Å². The van der Waals surface area contributed by atoms with E-state index in [1.54, 1.807) is 6.92 Å². The van der Waals surface area contributed by atoms with E-state index in [0.717, 1.165) is 0 Å². The molecule has 1 aromatic carbocycles. The Morgan fingerprint density at radius 3 is 2.65 bits per heavy atom. The van der Waals surface area contributed by atoms with Crippen LogP contribution in [0, 0.1) is 17.0 Å². The third-order valence-electron chi connectivity index (χ3n) is 2.57. The highest BCUT2D eigenvalue weighted by molar-refractivity contribution is 6.03. The molecule has 0 fully saturated rings. The number of hydrogen-bond acceptors (Lipinski definition) is 6. The fourth-order valence-corrected chi connectivity index (χ4v) is 1.54. The van der Waals surface area contributed by atoms with Crippen molar-refractivity contribution in [3.8, 4) is 0 Å². The molecule has 102 valence electrons.